The highest BCUT2D eigenvalue weighted by molar-refractivity contribution is 5.78. The molecule has 0 aromatic carbocycles. The average molecular weight is 251 g/mol. The summed E-state index contributed by atoms with van der Waals surface area (Å²) in [7, 11) is 0. The van der Waals surface area contributed by atoms with Crippen molar-refractivity contribution < 1.29 is 4.74 Å². The molecule has 0 bridgehead atoms. The standard InChI is InChI=1S/C14H25N3O/c1-2-18-12-9-11(14(12)7-3-4-8-14)17-13(15)16-10-5-6-10/h10-12H,2-9H2,1H3,(H3,15,16,17). The Balaban J connectivity index is 1.65. The number of rotatable bonds is 4. The van der Waals surface area contributed by atoms with Crippen molar-refractivity contribution in [3.63, 3.8) is 0 Å². The van der Waals surface area contributed by atoms with Gasteiger partial charge < -0.3 is 15.8 Å². The third-order valence-corrected chi connectivity index (χ3v) is 4.87. The Morgan fingerprint density at radius 2 is 2.11 bits per heavy atom. The zero-order valence-corrected chi connectivity index (χ0v) is 11.3. The monoisotopic (exact) mass is 251 g/mol. The van der Waals surface area contributed by atoms with E-state index in [4.69, 9.17) is 15.5 Å². The molecule has 0 heterocycles. The summed E-state index contributed by atoms with van der Waals surface area (Å²) in [5, 5.41) is 3.29. The van der Waals surface area contributed by atoms with Crippen LogP contribution in [0.4, 0.5) is 0 Å². The minimum Gasteiger partial charge on any atom is -0.378 e. The van der Waals surface area contributed by atoms with Crippen molar-refractivity contribution >= 4 is 5.96 Å². The molecule has 3 saturated carbocycles. The van der Waals surface area contributed by atoms with Gasteiger partial charge in [-0.3, -0.25) is 0 Å². The molecule has 3 rings (SSSR count). The van der Waals surface area contributed by atoms with Crippen LogP contribution in [0.15, 0.2) is 4.99 Å². The van der Waals surface area contributed by atoms with E-state index in [-0.39, 0.29) is 0 Å². The van der Waals surface area contributed by atoms with E-state index in [2.05, 4.69) is 12.2 Å². The molecular formula is C14H25N3O. The van der Waals surface area contributed by atoms with Gasteiger partial charge >= 0.3 is 0 Å². The number of ether oxygens (including phenoxy) is 1. The highest BCUT2D eigenvalue weighted by Gasteiger charge is 2.57. The molecule has 4 nitrogen and oxygen atoms in total. The summed E-state index contributed by atoms with van der Waals surface area (Å²) in [6.07, 6.45) is 9.15. The van der Waals surface area contributed by atoms with Crippen LogP contribution in [0.1, 0.15) is 51.9 Å². The lowest BCUT2D eigenvalue weighted by Gasteiger charge is -2.52. The number of nitrogens with two attached hydrogens (primary N) is 1. The first-order chi connectivity index (χ1) is 8.74. The Morgan fingerprint density at radius 1 is 1.39 bits per heavy atom. The molecule has 0 radical (unpaired) electrons. The van der Waals surface area contributed by atoms with Gasteiger partial charge in [-0.1, -0.05) is 12.8 Å². The predicted octanol–water partition coefficient (Wildman–Crippen LogP) is 1.79. The molecule has 3 aliphatic carbocycles. The molecule has 4 heteroatoms. The number of nitrogens with zero attached hydrogens (tertiary/aromatic N) is 1. The number of hydrogen-bond donors (Lipinski definition) is 2. The maximum absolute atomic E-state index is 5.99. The predicted molar refractivity (Wildman–Crippen MR) is 72.5 cm³/mol. The first-order valence-corrected chi connectivity index (χ1v) is 7.46. The molecule has 0 amide bonds. The molecule has 3 N–H and O–H groups in total. The summed E-state index contributed by atoms with van der Waals surface area (Å²) < 4.78 is 5.89. The van der Waals surface area contributed by atoms with Gasteiger partial charge in [-0.05, 0) is 39.0 Å². The van der Waals surface area contributed by atoms with Crippen molar-refractivity contribution in [2.75, 3.05) is 6.61 Å². The van der Waals surface area contributed by atoms with E-state index in [0.717, 1.165) is 13.0 Å². The summed E-state index contributed by atoms with van der Waals surface area (Å²) in [5.74, 6) is 0.656. The Labute approximate surface area is 109 Å². The van der Waals surface area contributed by atoms with Crippen LogP contribution in [-0.2, 0) is 4.74 Å². The average Bonchev–Trinajstić information content (AvgIpc) is 2.98. The van der Waals surface area contributed by atoms with Crippen LogP contribution < -0.4 is 11.1 Å². The summed E-state index contributed by atoms with van der Waals surface area (Å²) in [6, 6.07) is 0.985. The molecule has 0 aliphatic heterocycles. The summed E-state index contributed by atoms with van der Waals surface area (Å²) in [4.78, 5) is 4.73. The van der Waals surface area contributed by atoms with E-state index in [1.165, 1.54) is 38.5 Å². The van der Waals surface area contributed by atoms with Crippen molar-refractivity contribution in [3.8, 4) is 0 Å². The van der Waals surface area contributed by atoms with Crippen LogP contribution in [0.25, 0.3) is 0 Å². The van der Waals surface area contributed by atoms with E-state index in [0.29, 0.717) is 29.6 Å². The molecular weight excluding hydrogens is 226 g/mol. The summed E-state index contributed by atoms with van der Waals surface area (Å²) in [5.41, 5.74) is 6.30. The summed E-state index contributed by atoms with van der Waals surface area (Å²) in [6.45, 7) is 2.90. The van der Waals surface area contributed by atoms with Crippen molar-refractivity contribution in [1.29, 1.82) is 0 Å². The van der Waals surface area contributed by atoms with E-state index >= 15 is 0 Å². The van der Waals surface area contributed by atoms with E-state index in [1.54, 1.807) is 0 Å². The Morgan fingerprint density at radius 3 is 2.72 bits per heavy atom. The van der Waals surface area contributed by atoms with Crippen LogP contribution >= 0.6 is 0 Å². The first kappa shape index (κ1) is 12.3. The number of aliphatic imine (C=N–C) groups is 1. The quantitative estimate of drug-likeness (QED) is 0.591. The first-order valence-electron chi connectivity index (χ1n) is 7.46. The van der Waals surface area contributed by atoms with Crippen LogP contribution in [0.2, 0.25) is 0 Å². The third kappa shape index (κ3) is 2.11. The minimum atomic E-state index is 0.311. The number of hydrogen-bond acceptors (Lipinski definition) is 2. The van der Waals surface area contributed by atoms with E-state index in [1.807, 2.05) is 0 Å². The SMILES string of the molecule is CCOC1CC(N=C(N)NC2CC2)C12CCCC2. The van der Waals surface area contributed by atoms with Crippen LogP contribution in [0.3, 0.4) is 0 Å². The molecule has 2 atom stereocenters. The van der Waals surface area contributed by atoms with Gasteiger partial charge in [0.25, 0.3) is 0 Å². The van der Waals surface area contributed by atoms with Gasteiger partial charge in [0, 0.05) is 18.1 Å². The molecule has 1 spiro atoms. The van der Waals surface area contributed by atoms with Crippen LogP contribution in [-0.4, -0.2) is 30.8 Å². The lowest BCUT2D eigenvalue weighted by Crippen LogP contribution is -2.57. The number of guanidine groups is 1. The minimum absolute atomic E-state index is 0.311. The highest BCUT2D eigenvalue weighted by Crippen LogP contribution is 2.56. The second-order valence-electron chi connectivity index (χ2n) is 6.07. The molecule has 0 saturated heterocycles. The second kappa shape index (κ2) is 4.72. The van der Waals surface area contributed by atoms with Gasteiger partial charge in [0.05, 0.1) is 12.1 Å². The van der Waals surface area contributed by atoms with E-state index in [9.17, 15) is 0 Å². The topological polar surface area (TPSA) is 59.6 Å². The third-order valence-electron chi connectivity index (χ3n) is 4.87. The molecule has 3 aliphatic rings. The molecule has 18 heavy (non-hydrogen) atoms. The maximum atomic E-state index is 5.99. The van der Waals surface area contributed by atoms with Crippen molar-refractivity contribution in [3.05, 3.63) is 0 Å². The maximum Gasteiger partial charge on any atom is 0.189 e. The van der Waals surface area contributed by atoms with Gasteiger partial charge in [-0.2, -0.15) is 0 Å². The fourth-order valence-electron chi connectivity index (χ4n) is 3.67. The Bertz CT molecular complexity index is 332. The second-order valence-corrected chi connectivity index (χ2v) is 6.07. The summed E-state index contributed by atoms with van der Waals surface area (Å²) >= 11 is 0. The van der Waals surface area contributed by atoms with Crippen molar-refractivity contribution in [2.45, 2.75) is 70.1 Å². The van der Waals surface area contributed by atoms with Crippen LogP contribution in [0.5, 0.6) is 0 Å². The van der Waals surface area contributed by atoms with Gasteiger partial charge in [-0.15, -0.1) is 0 Å². The molecule has 102 valence electrons. The fourth-order valence-corrected chi connectivity index (χ4v) is 3.67. The fraction of sp³-hybridized carbons (Fsp3) is 0.929. The Hall–Kier alpha value is -0.770. The zero-order chi connectivity index (χ0) is 12.6. The van der Waals surface area contributed by atoms with Crippen LogP contribution in [0, 0.1) is 5.41 Å². The molecule has 0 aromatic rings. The normalized spacial score (nSPS) is 34.6. The highest BCUT2D eigenvalue weighted by atomic mass is 16.5. The van der Waals surface area contributed by atoms with Crippen molar-refractivity contribution in [2.24, 2.45) is 16.1 Å². The zero-order valence-electron chi connectivity index (χ0n) is 11.3. The Kier molecular flexibility index (Phi) is 3.22. The smallest absolute Gasteiger partial charge is 0.189 e. The van der Waals surface area contributed by atoms with Crippen molar-refractivity contribution in [1.82, 2.24) is 5.32 Å². The lowest BCUT2D eigenvalue weighted by molar-refractivity contribution is -0.119. The largest absolute Gasteiger partial charge is 0.378 e. The molecule has 0 aromatic heterocycles. The van der Waals surface area contributed by atoms with Gasteiger partial charge in [-0.25, -0.2) is 4.99 Å². The van der Waals surface area contributed by atoms with Gasteiger partial charge in [0.2, 0.25) is 0 Å². The molecule has 2 unspecified atom stereocenters. The molecule has 3 fully saturated rings. The van der Waals surface area contributed by atoms with E-state index < -0.39 is 0 Å². The van der Waals surface area contributed by atoms with Gasteiger partial charge in [0.15, 0.2) is 5.96 Å². The number of nitrogens with one attached hydrogen (secondary N) is 1. The van der Waals surface area contributed by atoms with Gasteiger partial charge in [0.1, 0.15) is 0 Å². The lowest BCUT2D eigenvalue weighted by atomic mass is 9.61.